The first-order valence-electron chi connectivity index (χ1n) is 12.7. The number of hydrogen-bond acceptors (Lipinski definition) is 9. The van der Waals surface area contributed by atoms with Crippen LogP contribution < -0.4 is 9.47 Å². The molecule has 11 nitrogen and oxygen atoms in total. The third-order valence-corrected chi connectivity index (χ3v) is 7.00. The molecule has 0 N–H and O–H groups in total. The third kappa shape index (κ3) is 4.45. The zero-order valence-corrected chi connectivity index (χ0v) is 22.7. The van der Waals surface area contributed by atoms with Gasteiger partial charge in [0.15, 0.2) is 18.1 Å². The summed E-state index contributed by atoms with van der Waals surface area (Å²) in [6, 6.07) is 18.6. The highest BCUT2D eigenvalue weighted by atomic mass is 35.5. The Bertz CT molecular complexity index is 1880. The molecule has 12 heteroatoms. The smallest absolute Gasteiger partial charge is 0.230 e. The molecule has 1 atom stereocenters. The van der Waals surface area contributed by atoms with E-state index in [-0.39, 0.29) is 12.5 Å². The van der Waals surface area contributed by atoms with Gasteiger partial charge in [-0.1, -0.05) is 16.8 Å². The summed E-state index contributed by atoms with van der Waals surface area (Å²) in [6.07, 6.45) is 4.81. The lowest BCUT2D eigenvalue weighted by Crippen LogP contribution is -2.15. The standard InChI is InChI=1S/C29H22ClN7O4/c1-17-24-25(22-4-3-13-39-22)26-27-33-23(15-40-32-14-18-5-11-21(38-2)12-6-18)35-36(27)16-31-28(26)41-29(24)37(34-17)20-9-7-19(30)8-10-20/h3-14,16,25H,15H2,1-2H3/b32-14-/t25-/m0/s1. The minimum absolute atomic E-state index is 0.0637. The molecular weight excluding hydrogens is 546 g/mol. The Morgan fingerprint density at radius 1 is 1.05 bits per heavy atom. The van der Waals surface area contributed by atoms with Crippen LogP contribution in [0, 0.1) is 6.92 Å². The van der Waals surface area contributed by atoms with E-state index in [2.05, 4.69) is 15.2 Å². The lowest BCUT2D eigenvalue weighted by Gasteiger charge is -2.24. The molecule has 0 fully saturated rings. The summed E-state index contributed by atoms with van der Waals surface area (Å²) in [7, 11) is 1.62. The van der Waals surface area contributed by atoms with Crippen LogP contribution >= 0.6 is 11.6 Å². The zero-order chi connectivity index (χ0) is 27.9. The van der Waals surface area contributed by atoms with Crippen molar-refractivity contribution in [2.75, 3.05) is 7.11 Å². The number of halogens is 1. The van der Waals surface area contributed by atoms with Crippen molar-refractivity contribution in [1.29, 1.82) is 0 Å². The monoisotopic (exact) mass is 567 g/mol. The molecule has 41 heavy (non-hydrogen) atoms. The number of nitrogens with zero attached hydrogens (tertiary/aromatic N) is 7. The van der Waals surface area contributed by atoms with Crippen molar-refractivity contribution in [3.05, 3.63) is 112 Å². The molecule has 1 aliphatic rings. The van der Waals surface area contributed by atoms with Crippen molar-refractivity contribution >= 4 is 23.5 Å². The topological polar surface area (TPSA) is 114 Å². The van der Waals surface area contributed by atoms with E-state index >= 15 is 0 Å². The fraction of sp³-hybridized carbons (Fsp3) is 0.138. The molecule has 0 spiro atoms. The molecule has 0 amide bonds. The Morgan fingerprint density at radius 2 is 1.88 bits per heavy atom. The molecule has 0 radical (unpaired) electrons. The first-order valence-corrected chi connectivity index (χ1v) is 13.1. The zero-order valence-electron chi connectivity index (χ0n) is 21.9. The van der Waals surface area contributed by atoms with E-state index in [4.69, 9.17) is 40.4 Å². The summed E-state index contributed by atoms with van der Waals surface area (Å²) in [4.78, 5) is 14.8. The Hall–Kier alpha value is -5.16. The van der Waals surface area contributed by atoms with Gasteiger partial charge < -0.3 is 18.7 Å². The molecule has 0 aliphatic carbocycles. The molecule has 0 unspecified atom stereocenters. The van der Waals surface area contributed by atoms with Crippen LogP contribution in [-0.2, 0) is 11.4 Å². The predicted octanol–water partition coefficient (Wildman–Crippen LogP) is 5.71. The molecule has 2 aromatic carbocycles. The van der Waals surface area contributed by atoms with Crippen LogP contribution in [-0.4, -0.2) is 42.7 Å². The maximum Gasteiger partial charge on any atom is 0.230 e. The van der Waals surface area contributed by atoms with E-state index in [1.165, 1.54) is 0 Å². The SMILES string of the molecule is COc1ccc(/C=N\OCc2nc3c4c(ncn3n2)Oc2c(c(C)nn2-c2ccc(Cl)cc2)[C@@H]4c2ccco2)cc1. The van der Waals surface area contributed by atoms with Crippen molar-refractivity contribution in [3.8, 4) is 23.2 Å². The highest BCUT2D eigenvalue weighted by molar-refractivity contribution is 6.30. The molecule has 0 bridgehead atoms. The number of methoxy groups -OCH3 is 1. The number of aryl methyl sites for hydroxylation is 1. The van der Waals surface area contributed by atoms with Gasteiger partial charge in [-0.15, -0.1) is 5.10 Å². The van der Waals surface area contributed by atoms with Crippen LogP contribution in [0.2, 0.25) is 5.02 Å². The summed E-state index contributed by atoms with van der Waals surface area (Å²) in [6.45, 7) is 2.00. The second-order valence-corrected chi connectivity index (χ2v) is 9.72. The van der Waals surface area contributed by atoms with Crippen LogP contribution in [0.4, 0.5) is 0 Å². The summed E-state index contributed by atoms with van der Waals surface area (Å²) in [5.74, 6) is 2.46. The van der Waals surface area contributed by atoms with Gasteiger partial charge in [0.05, 0.1) is 48.0 Å². The maximum absolute atomic E-state index is 6.39. The molecule has 7 rings (SSSR count). The van der Waals surface area contributed by atoms with Gasteiger partial charge in [-0.05, 0) is 73.2 Å². The van der Waals surface area contributed by atoms with Crippen LogP contribution in [0.25, 0.3) is 11.3 Å². The van der Waals surface area contributed by atoms with Crippen LogP contribution in [0.1, 0.15) is 39.9 Å². The predicted molar refractivity (Wildman–Crippen MR) is 149 cm³/mol. The largest absolute Gasteiger partial charge is 0.497 e. The minimum Gasteiger partial charge on any atom is -0.497 e. The number of hydrogen-bond donors (Lipinski definition) is 0. The Balaban J connectivity index is 1.24. The molecule has 0 saturated carbocycles. The van der Waals surface area contributed by atoms with Gasteiger partial charge in [0, 0.05) is 5.02 Å². The number of benzene rings is 2. The molecule has 6 aromatic rings. The molecule has 0 saturated heterocycles. The minimum atomic E-state index is -0.382. The number of rotatable bonds is 7. The number of fused-ring (bicyclic) bond motifs is 4. The van der Waals surface area contributed by atoms with Crippen molar-refractivity contribution in [1.82, 2.24) is 29.4 Å². The van der Waals surface area contributed by atoms with E-state index < -0.39 is 0 Å². The Morgan fingerprint density at radius 3 is 2.63 bits per heavy atom. The van der Waals surface area contributed by atoms with Crippen molar-refractivity contribution in [2.45, 2.75) is 19.4 Å². The van der Waals surface area contributed by atoms with Crippen LogP contribution in [0.15, 0.2) is 82.8 Å². The summed E-state index contributed by atoms with van der Waals surface area (Å²) in [5.41, 5.74) is 4.59. The van der Waals surface area contributed by atoms with Gasteiger partial charge in [0.25, 0.3) is 0 Å². The third-order valence-electron chi connectivity index (χ3n) is 6.75. The van der Waals surface area contributed by atoms with E-state index in [1.807, 2.05) is 67.6 Å². The summed E-state index contributed by atoms with van der Waals surface area (Å²) in [5, 5.41) is 14.0. The Kier molecular flexibility index (Phi) is 6.12. The van der Waals surface area contributed by atoms with Gasteiger partial charge in [-0.2, -0.15) is 5.10 Å². The molecular formula is C29H22ClN7O4. The maximum atomic E-state index is 6.39. The van der Waals surface area contributed by atoms with E-state index in [0.717, 1.165) is 28.3 Å². The van der Waals surface area contributed by atoms with Gasteiger partial charge in [0.2, 0.25) is 11.8 Å². The van der Waals surface area contributed by atoms with Crippen LogP contribution in [0.5, 0.6) is 17.5 Å². The highest BCUT2D eigenvalue weighted by Gasteiger charge is 2.39. The average molecular weight is 568 g/mol. The molecule has 4 aromatic heterocycles. The number of aromatic nitrogens is 6. The highest BCUT2D eigenvalue weighted by Crippen LogP contribution is 2.49. The number of furan rings is 1. The van der Waals surface area contributed by atoms with E-state index in [9.17, 15) is 0 Å². The second-order valence-electron chi connectivity index (χ2n) is 9.28. The summed E-state index contributed by atoms with van der Waals surface area (Å²) >= 11 is 6.12. The van der Waals surface area contributed by atoms with E-state index in [0.29, 0.717) is 39.6 Å². The van der Waals surface area contributed by atoms with Gasteiger partial charge in [-0.25, -0.2) is 19.2 Å². The van der Waals surface area contributed by atoms with Crippen molar-refractivity contribution in [2.24, 2.45) is 5.16 Å². The first kappa shape index (κ1) is 24.9. The van der Waals surface area contributed by atoms with Gasteiger partial charge in [-0.3, -0.25) is 0 Å². The fourth-order valence-corrected chi connectivity index (χ4v) is 4.99. The molecule has 5 heterocycles. The lowest BCUT2D eigenvalue weighted by atomic mass is 9.88. The van der Waals surface area contributed by atoms with E-state index in [1.54, 1.807) is 35.1 Å². The molecule has 1 aliphatic heterocycles. The number of ether oxygens (including phenoxy) is 2. The normalized spacial score (nSPS) is 14.2. The quantitative estimate of drug-likeness (QED) is 0.178. The Labute approximate surface area is 238 Å². The average Bonchev–Trinajstić information content (AvgIpc) is 3.74. The van der Waals surface area contributed by atoms with Gasteiger partial charge >= 0.3 is 0 Å². The summed E-state index contributed by atoms with van der Waals surface area (Å²) < 4.78 is 20.8. The lowest BCUT2D eigenvalue weighted by molar-refractivity contribution is 0.126. The van der Waals surface area contributed by atoms with Gasteiger partial charge in [0.1, 0.15) is 17.8 Å². The van der Waals surface area contributed by atoms with Crippen LogP contribution in [0.3, 0.4) is 0 Å². The fourth-order valence-electron chi connectivity index (χ4n) is 4.86. The second kappa shape index (κ2) is 10.1. The molecule has 204 valence electrons. The first-order chi connectivity index (χ1) is 20.1. The number of oxime groups is 1. The van der Waals surface area contributed by atoms with Crippen molar-refractivity contribution < 1.29 is 18.7 Å². The van der Waals surface area contributed by atoms with Crippen molar-refractivity contribution in [3.63, 3.8) is 0 Å².